The molecule has 0 saturated heterocycles. The van der Waals surface area contributed by atoms with Crippen molar-refractivity contribution in [3.05, 3.63) is 50.9 Å². The average molecular weight is 286 g/mol. The van der Waals surface area contributed by atoms with E-state index in [4.69, 9.17) is 0 Å². The minimum atomic E-state index is -0.240. The number of hydrogen-bond acceptors (Lipinski definition) is 2. The Morgan fingerprint density at radius 1 is 1.33 bits per heavy atom. The van der Waals surface area contributed by atoms with Gasteiger partial charge in [0, 0.05) is 12.2 Å². The van der Waals surface area contributed by atoms with E-state index in [-0.39, 0.29) is 5.82 Å². The molecule has 1 heterocycles. The summed E-state index contributed by atoms with van der Waals surface area (Å²) in [7, 11) is 0. The number of thiophene rings is 1. The van der Waals surface area contributed by atoms with Crippen LogP contribution < -0.4 is 5.32 Å². The molecule has 0 aliphatic carbocycles. The first-order chi connectivity index (χ1) is 7.25. The summed E-state index contributed by atoms with van der Waals surface area (Å²) in [5.41, 5.74) is 2.15. The van der Waals surface area contributed by atoms with E-state index in [1.54, 1.807) is 23.5 Å². The zero-order valence-corrected chi connectivity index (χ0v) is 10.2. The number of halogens is 2. The maximum absolute atomic E-state index is 12.9. The van der Waals surface area contributed by atoms with Crippen molar-refractivity contribution in [2.75, 3.05) is 5.32 Å². The minimum absolute atomic E-state index is 0.240. The van der Waals surface area contributed by atoms with Crippen LogP contribution in [-0.2, 0) is 6.54 Å². The lowest BCUT2D eigenvalue weighted by Crippen LogP contribution is -1.98. The molecule has 0 saturated carbocycles. The van der Waals surface area contributed by atoms with Crippen LogP contribution in [0.5, 0.6) is 0 Å². The van der Waals surface area contributed by atoms with Gasteiger partial charge in [0.2, 0.25) is 0 Å². The molecule has 0 bridgehead atoms. The highest BCUT2D eigenvalue weighted by atomic mass is 79.9. The topological polar surface area (TPSA) is 12.0 Å². The van der Waals surface area contributed by atoms with Crippen LogP contribution in [0.1, 0.15) is 5.56 Å². The average Bonchev–Trinajstić information content (AvgIpc) is 2.73. The summed E-state index contributed by atoms with van der Waals surface area (Å²) in [5, 5.41) is 7.35. The molecule has 0 aliphatic rings. The summed E-state index contributed by atoms with van der Waals surface area (Å²) in [5.74, 6) is -0.240. The monoisotopic (exact) mass is 285 g/mol. The van der Waals surface area contributed by atoms with E-state index < -0.39 is 0 Å². The van der Waals surface area contributed by atoms with Gasteiger partial charge >= 0.3 is 0 Å². The van der Waals surface area contributed by atoms with Gasteiger partial charge in [0.05, 0.1) is 4.47 Å². The zero-order valence-electron chi connectivity index (χ0n) is 7.84. The fourth-order valence-electron chi connectivity index (χ4n) is 1.20. The van der Waals surface area contributed by atoms with Crippen LogP contribution in [0.25, 0.3) is 0 Å². The molecule has 0 aliphatic heterocycles. The van der Waals surface area contributed by atoms with Crippen LogP contribution in [0.3, 0.4) is 0 Å². The largest absolute Gasteiger partial charge is 0.381 e. The maximum atomic E-state index is 12.9. The highest BCUT2D eigenvalue weighted by Crippen LogP contribution is 2.20. The van der Waals surface area contributed by atoms with Gasteiger partial charge in [0.1, 0.15) is 5.82 Å². The Morgan fingerprint density at radius 3 is 2.87 bits per heavy atom. The first-order valence-electron chi connectivity index (χ1n) is 4.46. The van der Waals surface area contributed by atoms with Gasteiger partial charge in [-0.3, -0.25) is 0 Å². The minimum Gasteiger partial charge on any atom is -0.381 e. The van der Waals surface area contributed by atoms with Crippen LogP contribution >= 0.6 is 27.3 Å². The molecule has 0 radical (unpaired) electrons. The summed E-state index contributed by atoms with van der Waals surface area (Å²) in [4.78, 5) is 0. The number of hydrogen-bond donors (Lipinski definition) is 1. The number of benzene rings is 1. The van der Waals surface area contributed by atoms with E-state index in [1.807, 2.05) is 5.38 Å². The van der Waals surface area contributed by atoms with Crippen molar-refractivity contribution >= 4 is 33.0 Å². The molecule has 1 N–H and O–H groups in total. The van der Waals surface area contributed by atoms with Gasteiger partial charge in [-0.2, -0.15) is 11.3 Å². The Balaban J connectivity index is 2.02. The summed E-state index contributed by atoms with van der Waals surface area (Å²) in [6.07, 6.45) is 0. The van der Waals surface area contributed by atoms with Crippen molar-refractivity contribution in [3.8, 4) is 0 Å². The summed E-state index contributed by atoms with van der Waals surface area (Å²) >= 11 is 4.82. The van der Waals surface area contributed by atoms with Gasteiger partial charge in [-0.15, -0.1) is 0 Å². The van der Waals surface area contributed by atoms with Gasteiger partial charge in [-0.25, -0.2) is 4.39 Å². The van der Waals surface area contributed by atoms with Crippen LogP contribution in [0.2, 0.25) is 0 Å². The quantitative estimate of drug-likeness (QED) is 0.888. The first-order valence-corrected chi connectivity index (χ1v) is 6.19. The Morgan fingerprint density at radius 2 is 2.20 bits per heavy atom. The third-order valence-corrected chi connectivity index (χ3v) is 3.34. The Labute approximate surface area is 100 Å². The van der Waals surface area contributed by atoms with Crippen molar-refractivity contribution in [1.82, 2.24) is 0 Å². The van der Waals surface area contributed by atoms with E-state index in [0.717, 1.165) is 12.2 Å². The van der Waals surface area contributed by atoms with Gasteiger partial charge in [-0.1, -0.05) is 0 Å². The highest BCUT2D eigenvalue weighted by molar-refractivity contribution is 9.10. The molecular formula is C11H9BrFNS. The molecule has 0 amide bonds. The Kier molecular flexibility index (Phi) is 3.38. The lowest BCUT2D eigenvalue weighted by atomic mass is 10.3. The molecule has 4 heteroatoms. The second kappa shape index (κ2) is 4.77. The summed E-state index contributed by atoms with van der Waals surface area (Å²) < 4.78 is 13.4. The highest BCUT2D eigenvalue weighted by Gasteiger charge is 2.00. The van der Waals surface area contributed by atoms with Crippen molar-refractivity contribution in [2.45, 2.75) is 6.54 Å². The van der Waals surface area contributed by atoms with Crippen molar-refractivity contribution in [3.63, 3.8) is 0 Å². The predicted molar refractivity (Wildman–Crippen MR) is 65.7 cm³/mol. The molecule has 2 rings (SSSR count). The van der Waals surface area contributed by atoms with E-state index in [1.165, 1.54) is 11.6 Å². The van der Waals surface area contributed by atoms with E-state index in [9.17, 15) is 4.39 Å². The molecule has 0 spiro atoms. The molecule has 0 unspecified atom stereocenters. The molecular weight excluding hydrogens is 277 g/mol. The zero-order chi connectivity index (χ0) is 10.7. The molecule has 1 nitrogen and oxygen atoms in total. The van der Waals surface area contributed by atoms with Gasteiger partial charge in [-0.05, 0) is 56.5 Å². The molecule has 78 valence electrons. The Bertz CT molecular complexity index is 442. The summed E-state index contributed by atoms with van der Waals surface area (Å²) in [6, 6.07) is 6.98. The predicted octanol–water partition coefficient (Wildman–Crippen LogP) is 4.26. The summed E-state index contributed by atoms with van der Waals surface area (Å²) in [6.45, 7) is 0.765. The normalized spacial score (nSPS) is 10.3. The van der Waals surface area contributed by atoms with Crippen LogP contribution in [0.15, 0.2) is 39.5 Å². The number of anilines is 1. The van der Waals surface area contributed by atoms with Crippen molar-refractivity contribution in [1.29, 1.82) is 0 Å². The smallest absolute Gasteiger partial charge is 0.137 e. The van der Waals surface area contributed by atoms with Crippen molar-refractivity contribution < 1.29 is 4.39 Å². The fourth-order valence-corrected chi connectivity index (χ4v) is 2.25. The first kappa shape index (κ1) is 10.6. The van der Waals surface area contributed by atoms with Gasteiger partial charge < -0.3 is 5.32 Å². The second-order valence-corrected chi connectivity index (χ2v) is 4.75. The molecule has 2 aromatic rings. The van der Waals surface area contributed by atoms with Gasteiger partial charge in [0.15, 0.2) is 0 Å². The van der Waals surface area contributed by atoms with Crippen molar-refractivity contribution in [2.24, 2.45) is 0 Å². The van der Waals surface area contributed by atoms with E-state index >= 15 is 0 Å². The SMILES string of the molecule is Fc1ccc(NCc2ccsc2)cc1Br. The molecule has 0 fully saturated rings. The lowest BCUT2D eigenvalue weighted by Gasteiger charge is -2.05. The van der Waals surface area contributed by atoms with Gasteiger partial charge in [0.25, 0.3) is 0 Å². The lowest BCUT2D eigenvalue weighted by molar-refractivity contribution is 0.621. The maximum Gasteiger partial charge on any atom is 0.137 e. The number of nitrogens with one attached hydrogen (secondary N) is 1. The molecule has 1 aromatic carbocycles. The Hall–Kier alpha value is -0.870. The molecule has 15 heavy (non-hydrogen) atoms. The third-order valence-electron chi connectivity index (χ3n) is 2.00. The van der Waals surface area contributed by atoms with E-state index in [2.05, 4.69) is 32.7 Å². The van der Waals surface area contributed by atoms with E-state index in [0.29, 0.717) is 4.47 Å². The van der Waals surface area contributed by atoms with Crippen LogP contribution in [-0.4, -0.2) is 0 Å². The third kappa shape index (κ3) is 2.79. The second-order valence-electron chi connectivity index (χ2n) is 3.11. The standard InChI is InChI=1S/C11H9BrFNS/c12-10-5-9(1-2-11(10)13)14-6-8-3-4-15-7-8/h1-5,7,14H,6H2. The molecule has 0 atom stereocenters. The fraction of sp³-hybridized carbons (Fsp3) is 0.0909. The van der Waals surface area contributed by atoms with Crippen LogP contribution in [0.4, 0.5) is 10.1 Å². The van der Waals surface area contributed by atoms with Crippen LogP contribution in [0, 0.1) is 5.82 Å². The molecule has 1 aromatic heterocycles. The number of rotatable bonds is 3.